The van der Waals surface area contributed by atoms with Crippen molar-refractivity contribution >= 4 is 35.3 Å². The summed E-state index contributed by atoms with van der Waals surface area (Å²) < 4.78 is 0. The molecule has 2 aromatic carbocycles. The molecule has 0 fully saturated rings. The molecule has 0 amide bonds. The molecule has 3 rings (SSSR count). The van der Waals surface area contributed by atoms with E-state index < -0.39 is 0 Å². The molecule has 0 aliphatic heterocycles. The highest BCUT2D eigenvalue weighted by molar-refractivity contribution is 8.00. The van der Waals surface area contributed by atoms with Gasteiger partial charge in [0.05, 0.1) is 0 Å². The summed E-state index contributed by atoms with van der Waals surface area (Å²) in [6, 6.07) is 22.2. The SMILES string of the molecule is CSc1nc(Sc2ccccc2)c(C#N)c(Sc2ccccc2)n1. The van der Waals surface area contributed by atoms with Gasteiger partial charge in [0.25, 0.3) is 0 Å². The van der Waals surface area contributed by atoms with E-state index in [1.807, 2.05) is 66.9 Å². The molecule has 0 radical (unpaired) electrons. The minimum atomic E-state index is 0.524. The monoisotopic (exact) mass is 367 g/mol. The Morgan fingerprint density at radius 3 is 1.62 bits per heavy atom. The van der Waals surface area contributed by atoms with Gasteiger partial charge in [-0.05, 0) is 30.5 Å². The number of benzene rings is 2. The van der Waals surface area contributed by atoms with Crippen LogP contribution < -0.4 is 0 Å². The van der Waals surface area contributed by atoms with Gasteiger partial charge in [0.15, 0.2) is 5.16 Å². The molecule has 1 heterocycles. The van der Waals surface area contributed by atoms with Crippen LogP contribution in [0.3, 0.4) is 0 Å². The van der Waals surface area contributed by atoms with Gasteiger partial charge in [-0.25, -0.2) is 9.97 Å². The van der Waals surface area contributed by atoms with Crippen molar-refractivity contribution in [1.82, 2.24) is 9.97 Å². The van der Waals surface area contributed by atoms with Crippen LogP contribution in [0.15, 0.2) is 85.7 Å². The zero-order chi connectivity index (χ0) is 16.8. The predicted octanol–water partition coefficient (Wildman–Crippen LogP) is 5.37. The van der Waals surface area contributed by atoms with E-state index in [1.54, 1.807) is 0 Å². The van der Waals surface area contributed by atoms with E-state index in [-0.39, 0.29) is 0 Å². The van der Waals surface area contributed by atoms with Crippen molar-refractivity contribution in [3.63, 3.8) is 0 Å². The number of nitrogens with zero attached hydrogens (tertiary/aromatic N) is 3. The summed E-state index contributed by atoms with van der Waals surface area (Å²) >= 11 is 4.46. The first-order valence-electron chi connectivity index (χ1n) is 7.12. The van der Waals surface area contributed by atoms with Crippen LogP contribution in [0.4, 0.5) is 0 Å². The van der Waals surface area contributed by atoms with Crippen molar-refractivity contribution in [3.8, 4) is 6.07 Å². The first kappa shape index (κ1) is 16.9. The van der Waals surface area contributed by atoms with E-state index in [0.717, 1.165) is 9.79 Å². The number of nitriles is 1. The Bertz CT molecular complexity index is 799. The van der Waals surface area contributed by atoms with Crippen molar-refractivity contribution in [2.24, 2.45) is 0 Å². The summed E-state index contributed by atoms with van der Waals surface area (Å²) in [5.74, 6) is 0. The molecule has 0 bridgehead atoms. The summed E-state index contributed by atoms with van der Waals surface area (Å²) in [5, 5.41) is 11.7. The summed E-state index contributed by atoms with van der Waals surface area (Å²) in [5.41, 5.74) is 0.524. The number of hydrogen-bond acceptors (Lipinski definition) is 6. The molecule has 0 unspecified atom stereocenters. The van der Waals surface area contributed by atoms with Gasteiger partial charge in [0.1, 0.15) is 21.7 Å². The average Bonchev–Trinajstić information content (AvgIpc) is 2.63. The zero-order valence-corrected chi connectivity index (χ0v) is 15.3. The van der Waals surface area contributed by atoms with Gasteiger partial charge in [0.2, 0.25) is 0 Å². The van der Waals surface area contributed by atoms with Crippen LogP contribution in [0, 0.1) is 11.3 Å². The number of hydrogen-bond donors (Lipinski definition) is 0. The van der Waals surface area contributed by atoms with E-state index in [9.17, 15) is 5.26 Å². The molecule has 0 N–H and O–H groups in total. The van der Waals surface area contributed by atoms with Gasteiger partial charge >= 0.3 is 0 Å². The van der Waals surface area contributed by atoms with E-state index in [0.29, 0.717) is 20.8 Å². The first-order chi connectivity index (χ1) is 11.8. The molecule has 0 atom stereocenters. The topological polar surface area (TPSA) is 49.6 Å². The summed E-state index contributed by atoms with van der Waals surface area (Å²) in [7, 11) is 0. The number of rotatable bonds is 5. The second kappa shape index (κ2) is 8.25. The van der Waals surface area contributed by atoms with E-state index >= 15 is 0 Å². The third kappa shape index (κ3) is 4.12. The average molecular weight is 368 g/mol. The van der Waals surface area contributed by atoms with Gasteiger partial charge < -0.3 is 0 Å². The minimum absolute atomic E-state index is 0.524. The Kier molecular flexibility index (Phi) is 5.81. The lowest BCUT2D eigenvalue weighted by atomic mass is 10.4. The highest BCUT2D eigenvalue weighted by Crippen LogP contribution is 2.36. The van der Waals surface area contributed by atoms with Crippen molar-refractivity contribution < 1.29 is 0 Å². The van der Waals surface area contributed by atoms with Crippen LogP contribution in [0.1, 0.15) is 5.56 Å². The quantitative estimate of drug-likeness (QED) is 0.343. The lowest BCUT2D eigenvalue weighted by molar-refractivity contribution is 0.818. The molecule has 0 saturated carbocycles. The van der Waals surface area contributed by atoms with Gasteiger partial charge in [-0.2, -0.15) is 5.26 Å². The van der Waals surface area contributed by atoms with Crippen molar-refractivity contribution in [1.29, 1.82) is 5.26 Å². The second-order valence-corrected chi connectivity index (χ2v) is 7.54. The second-order valence-electron chi connectivity index (χ2n) is 4.64. The molecule has 0 aliphatic carbocycles. The molecular weight excluding hydrogens is 354 g/mol. The van der Waals surface area contributed by atoms with E-state index in [1.165, 1.54) is 35.3 Å². The smallest absolute Gasteiger partial charge is 0.189 e. The third-order valence-electron chi connectivity index (χ3n) is 3.03. The van der Waals surface area contributed by atoms with Crippen LogP contribution in [0.2, 0.25) is 0 Å². The van der Waals surface area contributed by atoms with E-state index in [4.69, 9.17) is 0 Å². The maximum absolute atomic E-state index is 9.66. The predicted molar refractivity (Wildman–Crippen MR) is 99.7 cm³/mol. The molecule has 0 spiro atoms. The molecular formula is C18H13N3S3. The van der Waals surface area contributed by atoms with Crippen molar-refractivity contribution in [2.45, 2.75) is 25.0 Å². The minimum Gasteiger partial charge on any atom is -0.214 e. The van der Waals surface area contributed by atoms with Gasteiger partial charge in [-0.1, -0.05) is 71.7 Å². The van der Waals surface area contributed by atoms with Crippen LogP contribution >= 0.6 is 35.3 Å². The molecule has 0 saturated heterocycles. The molecule has 6 heteroatoms. The molecule has 118 valence electrons. The summed E-state index contributed by atoms with van der Waals surface area (Å²) in [6.45, 7) is 0. The van der Waals surface area contributed by atoms with Gasteiger partial charge in [-0.3, -0.25) is 0 Å². The van der Waals surface area contributed by atoms with E-state index in [2.05, 4.69) is 16.0 Å². The van der Waals surface area contributed by atoms with Crippen molar-refractivity contribution in [2.75, 3.05) is 6.26 Å². The largest absolute Gasteiger partial charge is 0.214 e. The third-order valence-corrected chi connectivity index (χ3v) is 5.57. The fraction of sp³-hybridized carbons (Fsp3) is 0.0556. The van der Waals surface area contributed by atoms with Gasteiger partial charge in [-0.15, -0.1) is 0 Å². The van der Waals surface area contributed by atoms with Crippen LogP contribution in [-0.4, -0.2) is 16.2 Å². The first-order valence-corrected chi connectivity index (χ1v) is 9.98. The zero-order valence-electron chi connectivity index (χ0n) is 12.8. The Hall–Kier alpha value is -1.94. The summed E-state index contributed by atoms with van der Waals surface area (Å²) in [4.78, 5) is 11.2. The van der Waals surface area contributed by atoms with Crippen LogP contribution in [0.5, 0.6) is 0 Å². The lowest BCUT2D eigenvalue weighted by Crippen LogP contribution is -1.97. The summed E-state index contributed by atoms with van der Waals surface area (Å²) in [6.07, 6.45) is 1.94. The maximum Gasteiger partial charge on any atom is 0.189 e. The normalized spacial score (nSPS) is 10.3. The fourth-order valence-corrected chi connectivity index (χ4v) is 4.27. The Morgan fingerprint density at radius 2 is 1.25 bits per heavy atom. The molecule has 24 heavy (non-hydrogen) atoms. The number of aromatic nitrogens is 2. The molecule has 0 aliphatic rings. The van der Waals surface area contributed by atoms with Crippen LogP contribution in [-0.2, 0) is 0 Å². The number of thioether (sulfide) groups is 1. The highest BCUT2D eigenvalue weighted by atomic mass is 32.2. The molecule has 3 nitrogen and oxygen atoms in total. The maximum atomic E-state index is 9.66. The molecule has 1 aromatic heterocycles. The Balaban J connectivity index is 2.02. The highest BCUT2D eigenvalue weighted by Gasteiger charge is 2.16. The van der Waals surface area contributed by atoms with Crippen LogP contribution in [0.25, 0.3) is 0 Å². The standard InChI is InChI=1S/C18H13N3S3/c1-22-18-20-16(23-13-8-4-2-5-9-13)15(12-19)17(21-18)24-14-10-6-3-7-11-14/h2-11H,1H3. The Labute approximate surface area is 153 Å². The lowest BCUT2D eigenvalue weighted by Gasteiger charge is -2.09. The van der Waals surface area contributed by atoms with Gasteiger partial charge in [0, 0.05) is 9.79 Å². The molecule has 3 aromatic rings. The Morgan fingerprint density at radius 1 is 0.792 bits per heavy atom. The van der Waals surface area contributed by atoms with Crippen molar-refractivity contribution in [3.05, 3.63) is 66.2 Å². The fourth-order valence-electron chi connectivity index (χ4n) is 1.94.